The number of anilines is 1. The number of fused-ring (bicyclic) bond motifs is 3. The van der Waals surface area contributed by atoms with Gasteiger partial charge in [-0.2, -0.15) is 0 Å². The number of piperidine rings is 1. The van der Waals surface area contributed by atoms with Gasteiger partial charge >= 0.3 is 0 Å². The van der Waals surface area contributed by atoms with Crippen LogP contribution >= 0.6 is 0 Å². The lowest BCUT2D eigenvalue weighted by atomic mass is 9.86. The van der Waals surface area contributed by atoms with Crippen molar-refractivity contribution in [2.45, 2.75) is 31.7 Å². The summed E-state index contributed by atoms with van der Waals surface area (Å²) in [4.78, 5) is 2.71. The molecule has 1 saturated heterocycles. The Hall–Kier alpha value is -1.80. The van der Waals surface area contributed by atoms with Crippen LogP contribution in [0.25, 0.3) is 11.1 Å². The first kappa shape index (κ1) is 12.7. The summed E-state index contributed by atoms with van der Waals surface area (Å²) in [5.41, 5.74) is 8.94. The number of nitrogens with zero attached hydrogens (tertiary/aromatic N) is 1. The van der Waals surface area contributed by atoms with Gasteiger partial charge in [-0.1, -0.05) is 24.3 Å². The van der Waals surface area contributed by atoms with Gasteiger partial charge in [-0.15, -0.1) is 0 Å². The van der Waals surface area contributed by atoms with E-state index in [0.29, 0.717) is 5.92 Å². The summed E-state index contributed by atoms with van der Waals surface area (Å²) in [6.45, 7) is 5.76. The third-order valence-corrected chi connectivity index (χ3v) is 5.83. The molecule has 1 fully saturated rings. The predicted octanol–water partition coefficient (Wildman–Crippen LogP) is 3.48. The fourth-order valence-electron chi connectivity index (χ4n) is 4.81. The Kier molecular flexibility index (Phi) is 2.66. The molecule has 2 nitrogen and oxygen atoms in total. The highest BCUT2D eigenvalue weighted by molar-refractivity contribution is 5.78. The van der Waals surface area contributed by atoms with E-state index in [1.807, 2.05) is 0 Å². The van der Waals surface area contributed by atoms with Gasteiger partial charge in [-0.05, 0) is 66.3 Å². The molecule has 22 heavy (non-hydrogen) atoms. The Morgan fingerprint density at radius 1 is 1.18 bits per heavy atom. The highest BCUT2D eigenvalue weighted by Gasteiger charge is 2.43. The van der Waals surface area contributed by atoms with Crippen molar-refractivity contribution in [3.8, 4) is 11.1 Å². The fraction of sp³-hybridized carbons (Fsp3) is 0.400. The second kappa shape index (κ2) is 4.60. The Labute approximate surface area is 132 Å². The summed E-state index contributed by atoms with van der Waals surface area (Å²) in [5, 5.41) is 3.61. The van der Waals surface area contributed by atoms with Crippen LogP contribution in [0.4, 0.5) is 5.69 Å². The zero-order chi connectivity index (χ0) is 14.7. The van der Waals surface area contributed by atoms with Crippen LogP contribution in [0.3, 0.4) is 0 Å². The Balaban J connectivity index is 1.69. The molecule has 2 aromatic carbocycles. The topological polar surface area (TPSA) is 15.3 Å². The number of hydrogen-bond acceptors (Lipinski definition) is 2. The van der Waals surface area contributed by atoms with E-state index in [2.05, 4.69) is 53.5 Å². The van der Waals surface area contributed by atoms with Crippen molar-refractivity contribution in [1.82, 2.24) is 5.32 Å². The second-order valence-corrected chi connectivity index (χ2v) is 7.00. The molecule has 0 spiro atoms. The standard InChI is InChI=1S/C20H22N2/c1-13-4-2-3-5-16(13)15-10-14-7-9-22-19-6-8-21-12-18(19)17(11-15)20(14)22/h2-5,10-11,18-19,21H,6-9,12H2,1H3/t18-,19-/m0/s1. The van der Waals surface area contributed by atoms with E-state index in [1.54, 1.807) is 16.8 Å². The second-order valence-electron chi connectivity index (χ2n) is 7.00. The van der Waals surface area contributed by atoms with Crippen LogP contribution in [-0.2, 0) is 6.42 Å². The maximum atomic E-state index is 3.61. The first-order valence-corrected chi connectivity index (χ1v) is 8.53. The molecule has 5 rings (SSSR count). The number of hydrogen-bond donors (Lipinski definition) is 1. The van der Waals surface area contributed by atoms with Gasteiger partial charge < -0.3 is 10.2 Å². The van der Waals surface area contributed by atoms with E-state index in [0.717, 1.165) is 12.6 Å². The Bertz CT molecular complexity index is 749. The molecule has 3 heterocycles. The van der Waals surface area contributed by atoms with E-state index in [9.17, 15) is 0 Å². The van der Waals surface area contributed by atoms with Gasteiger partial charge in [0.2, 0.25) is 0 Å². The normalized spacial score (nSPS) is 25.2. The summed E-state index contributed by atoms with van der Waals surface area (Å²) in [6, 6.07) is 14.5. The minimum absolute atomic E-state index is 0.687. The monoisotopic (exact) mass is 290 g/mol. The molecule has 3 aliphatic heterocycles. The fourth-order valence-corrected chi connectivity index (χ4v) is 4.81. The average molecular weight is 290 g/mol. The molecule has 0 amide bonds. The molecule has 1 N–H and O–H groups in total. The summed E-state index contributed by atoms with van der Waals surface area (Å²) in [6.07, 6.45) is 2.51. The molecule has 2 heteroatoms. The number of benzene rings is 2. The Morgan fingerprint density at radius 2 is 2.09 bits per heavy atom. The summed E-state index contributed by atoms with van der Waals surface area (Å²) >= 11 is 0. The number of rotatable bonds is 1. The van der Waals surface area contributed by atoms with E-state index < -0.39 is 0 Å². The summed E-state index contributed by atoms with van der Waals surface area (Å²) in [7, 11) is 0. The molecule has 0 aromatic heterocycles. The van der Waals surface area contributed by atoms with Crippen LogP contribution in [0.15, 0.2) is 36.4 Å². The van der Waals surface area contributed by atoms with Gasteiger partial charge in [0.15, 0.2) is 0 Å². The molecule has 0 aliphatic carbocycles. The van der Waals surface area contributed by atoms with Crippen molar-refractivity contribution in [2.75, 3.05) is 24.5 Å². The van der Waals surface area contributed by atoms with E-state index in [1.165, 1.54) is 42.6 Å². The highest BCUT2D eigenvalue weighted by Crippen LogP contribution is 2.49. The molecule has 0 unspecified atom stereocenters. The van der Waals surface area contributed by atoms with E-state index in [-0.39, 0.29) is 0 Å². The minimum Gasteiger partial charge on any atom is -0.367 e. The molecular weight excluding hydrogens is 268 g/mol. The van der Waals surface area contributed by atoms with Gasteiger partial charge in [0.1, 0.15) is 0 Å². The van der Waals surface area contributed by atoms with Crippen molar-refractivity contribution in [2.24, 2.45) is 0 Å². The summed E-state index contributed by atoms with van der Waals surface area (Å²) in [5.74, 6) is 0.687. The van der Waals surface area contributed by atoms with Gasteiger partial charge in [-0.25, -0.2) is 0 Å². The van der Waals surface area contributed by atoms with Crippen LogP contribution < -0.4 is 10.2 Å². The summed E-state index contributed by atoms with van der Waals surface area (Å²) < 4.78 is 0. The third-order valence-electron chi connectivity index (χ3n) is 5.83. The molecule has 3 aliphatic rings. The molecule has 2 aromatic rings. The first-order chi connectivity index (χ1) is 10.8. The Morgan fingerprint density at radius 3 is 3.00 bits per heavy atom. The highest BCUT2D eigenvalue weighted by atomic mass is 15.2. The van der Waals surface area contributed by atoms with Gasteiger partial charge in [0.25, 0.3) is 0 Å². The van der Waals surface area contributed by atoms with Crippen LogP contribution in [0.5, 0.6) is 0 Å². The van der Waals surface area contributed by atoms with Crippen molar-refractivity contribution >= 4 is 5.69 Å². The molecule has 112 valence electrons. The predicted molar refractivity (Wildman–Crippen MR) is 91.7 cm³/mol. The lowest BCUT2D eigenvalue weighted by molar-refractivity contribution is 0.405. The molecule has 0 saturated carbocycles. The quantitative estimate of drug-likeness (QED) is 0.865. The third kappa shape index (κ3) is 1.65. The van der Waals surface area contributed by atoms with Crippen LogP contribution in [0.2, 0.25) is 0 Å². The minimum atomic E-state index is 0.687. The zero-order valence-electron chi connectivity index (χ0n) is 13.1. The largest absolute Gasteiger partial charge is 0.367 e. The molecule has 2 atom stereocenters. The van der Waals surface area contributed by atoms with Crippen molar-refractivity contribution in [3.05, 3.63) is 53.1 Å². The van der Waals surface area contributed by atoms with Crippen LogP contribution in [0.1, 0.15) is 29.0 Å². The number of nitrogens with one attached hydrogen (secondary N) is 1. The van der Waals surface area contributed by atoms with Gasteiger partial charge in [-0.3, -0.25) is 0 Å². The van der Waals surface area contributed by atoms with E-state index in [4.69, 9.17) is 0 Å². The van der Waals surface area contributed by atoms with Crippen molar-refractivity contribution in [1.29, 1.82) is 0 Å². The van der Waals surface area contributed by atoms with Crippen LogP contribution in [-0.4, -0.2) is 25.7 Å². The van der Waals surface area contributed by atoms with Gasteiger partial charge in [0.05, 0.1) is 0 Å². The van der Waals surface area contributed by atoms with Gasteiger partial charge in [0, 0.05) is 30.7 Å². The smallest absolute Gasteiger partial charge is 0.0439 e. The first-order valence-electron chi connectivity index (χ1n) is 8.53. The van der Waals surface area contributed by atoms with Crippen molar-refractivity contribution in [3.63, 3.8) is 0 Å². The molecule has 0 radical (unpaired) electrons. The maximum Gasteiger partial charge on any atom is 0.0439 e. The average Bonchev–Trinajstić information content (AvgIpc) is 3.11. The molecular formula is C20H22N2. The lowest BCUT2D eigenvalue weighted by Crippen LogP contribution is -2.43. The van der Waals surface area contributed by atoms with Crippen LogP contribution in [0, 0.1) is 6.92 Å². The lowest BCUT2D eigenvalue weighted by Gasteiger charge is -2.32. The van der Waals surface area contributed by atoms with Crippen molar-refractivity contribution < 1.29 is 0 Å². The SMILES string of the molecule is Cc1ccccc1-c1cc2c3c(c1)[C@@H]1CNCC[C@@H]1N3CC2. The zero-order valence-corrected chi connectivity index (χ0v) is 13.1. The number of aryl methyl sites for hydroxylation is 1. The van der Waals surface area contributed by atoms with E-state index >= 15 is 0 Å². The maximum absolute atomic E-state index is 3.61. The molecule has 0 bridgehead atoms.